The van der Waals surface area contributed by atoms with Crippen molar-refractivity contribution in [3.63, 3.8) is 0 Å². The molecule has 0 heterocycles. The molecule has 1 N–H and O–H groups in total. The third-order valence-corrected chi connectivity index (χ3v) is 7.69. The molecule has 0 aromatic heterocycles. The van der Waals surface area contributed by atoms with Crippen LogP contribution in [0.5, 0.6) is 0 Å². The molecule has 4 rings (SSSR count). The molecule has 3 saturated carbocycles. The second kappa shape index (κ2) is 4.71. The van der Waals surface area contributed by atoms with E-state index in [4.69, 9.17) is 6.42 Å². The summed E-state index contributed by atoms with van der Waals surface area (Å²) in [5.74, 6) is 5.66. The molecule has 0 aliphatic heterocycles. The minimum atomic E-state index is -0.902. The molecular formula is C20H26O2. The maximum Gasteiger partial charge on any atom is 0.155 e. The second-order valence-corrected chi connectivity index (χ2v) is 8.30. The van der Waals surface area contributed by atoms with Gasteiger partial charge in [0, 0.05) is 11.8 Å². The van der Waals surface area contributed by atoms with E-state index >= 15 is 0 Å². The van der Waals surface area contributed by atoms with Crippen LogP contribution in [0, 0.1) is 41.4 Å². The fourth-order valence-corrected chi connectivity index (χ4v) is 6.43. The molecule has 2 nitrogen and oxygen atoms in total. The lowest BCUT2D eigenvalue weighted by molar-refractivity contribution is -0.116. The largest absolute Gasteiger partial charge is 0.377 e. The fourth-order valence-electron chi connectivity index (χ4n) is 6.43. The summed E-state index contributed by atoms with van der Waals surface area (Å²) < 4.78 is 0. The van der Waals surface area contributed by atoms with Gasteiger partial charge in [0.1, 0.15) is 5.60 Å². The van der Waals surface area contributed by atoms with Crippen LogP contribution < -0.4 is 0 Å². The van der Waals surface area contributed by atoms with E-state index in [0.29, 0.717) is 29.5 Å². The van der Waals surface area contributed by atoms with Gasteiger partial charge in [-0.3, -0.25) is 4.79 Å². The number of rotatable bonds is 0. The van der Waals surface area contributed by atoms with Gasteiger partial charge in [0.15, 0.2) is 5.78 Å². The maximum absolute atomic E-state index is 11.7. The van der Waals surface area contributed by atoms with Crippen molar-refractivity contribution in [1.82, 2.24) is 0 Å². The van der Waals surface area contributed by atoms with Crippen LogP contribution in [0.3, 0.4) is 0 Å². The standard InChI is InChI=1S/C20H26O2/c1-3-20(22)11-9-18-17-6-4-13-12-14(21)5-7-15(13)16(17)8-10-19(18,20)2/h1,12,15-18,22H,4-11H2,2H3/t15-,16-,17+,18+,19+,20-/m0/s1. The minimum Gasteiger partial charge on any atom is -0.377 e. The molecule has 4 aliphatic carbocycles. The molecule has 22 heavy (non-hydrogen) atoms. The van der Waals surface area contributed by atoms with Gasteiger partial charge in [0.05, 0.1) is 0 Å². The van der Waals surface area contributed by atoms with E-state index in [9.17, 15) is 9.90 Å². The number of aliphatic hydroxyl groups is 1. The zero-order valence-corrected chi connectivity index (χ0v) is 13.5. The average Bonchev–Trinajstić information content (AvgIpc) is 2.79. The predicted octanol–water partition coefficient (Wildman–Crippen LogP) is 3.49. The first-order valence-electron chi connectivity index (χ1n) is 8.92. The number of carbonyl (C=O) groups excluding carboxylic acids is 1. The molecule has 3 fully saturated rings. The number of carbonyl (C=O) groups is 1. The predicted molar refractivity (Wildman–Crippen MR) is 85.9 cm³/mol. The second-order valence-electron chi connectivity index (χ2n) is 8.30. The zero-order chi connectivity index (χ0) is 15.5. The number of hydrogen-bond donors (Lipinski definition) is 1. The molecule has 0 unspecified atom stereocenters. The Morgan fingerprint density at radius 1 is 1.18 bits per heavy atom. The summed E-state index contributed by atoms with van der Waals surface area (Å²) in [5.41, 5.74) is 0.418. The van der Waals surface area contributed by atoms with Gasteiger partial charge in [0.25, 0.3) is 0 Å². The molecule has 0 aromatic carbocycles. The highest BCUT2D eigenvalue weighted by Gasteiger charge is 2.61. The van der Waals surface area contributed by atoms with Crippen molar-refractivity contribution in [3.05, 3.63) is 11.6 Å². The van der Waals surface area contributed by atoms with E-state index in [0.717, 1.165) is 44.9 Å². The molecule has 118 valence electrons. The first-order valence-corrected chi connectivity index (χ1v) is 8.92. The van der Waals surface area contributed by atoms with Crippen molar-refractivity contribution >= 4 is 5.78 Å². The Kier molecular flexibility index (Phi) is 3.11. The van der Waals surface area contributed by atoms with Gasteiger partial charge in [-0.05, 0) is 74.7 Å². The van der Waals surface area contributed by atoms with E-state index in [1.807, 2.05) is 6.08 Å². The fraction of sp³-hybridized carbons (Fsp3) is 0.750. The Hall–Kier alpha value is -1.07. The van der Waals surface area contributed by atoms with Crippen LogP contribution in [0.15, 0.2) is 11.6 Å². The van der Waals surface area contributed by atoms with Crippen molar-refractivity contribution < 1.29 is 9.90 Å². The topological polar surface area (TPSA) is 37.3 Å². The number of hydrogen-bond acceptors (Lipinski definition) is 2. The molecule has 0 saturated heterocycles. The Labute approximate surface area is 133 Å². The molecule has 2 heteroatoms. The van der Waals surface area contributed by atoms with E-state index in [1.54, 1.807) is 0 Å². The highest BCUT2D eigenvalue weighted by Crippen LogP contribution is 2.64. The third-order valence-electron chi connectivity index (χ3n) is 7.69. The van der Waals surface area contributed by atoms with Crippen molar-refractivity contribution in [3.8, 4) is 12.3 Å². The molecule has 4 aliphatic rings. The highest BCUT2D eigenvalue weighted by atomic mass is 16.3. The summed E-state index contributed by atoms with van der Waals surface area (Å²) >= 11 is 0. The van der Waals surface area contributed by atoms with Gasteiger partial charge in [-0.15, -0.1) is 6.42 Å². The van der Waals surface area contributed by atoms with Crippen LogP contribution in [0.1, 0.15) is 58.3 Å². The maximum atomic E-state index is 11.7. The highest BCUT2D eigenvalue weighted by molar-refractivity contribution is 5.91. The van der Waals surface area contributed by atoms with E-state index in [-0.39, 0.29) is 5.41 Å². The Morgan fingerprint density at radius 2 is 2.00 bits per heavy atom. The van der Waals surface area contributed by atoms with Crippen LogP contribution >= 0.6 is 0 Å². The summed E-state index contributed by atoms with van der Waals surface area (Å²) in [6.07, 6.45) is 15.7. The third kappa shape index (κ3) is 1.75. The van der Waals surface area contributed by atoms with Gasteiger partial charge in [-0.25, -0.2) is 0 Å². The lowest BCUT2D eigenvalue weighted by Crippen LogP contribution is -2.52. The van der Waals surface area contributed by atoms with Crippen LogP contribution in [-0.2, 0) is 4.79 Å². The average molecular weight is 298 g/mol. The lowest BCUT2D eigenvalue weighted by atomic mass is 9.50. The van der Waals surface area contributed by atoms with Crippen LogP contribution in [0.25, 0.3) is 0 Å². The van der Waals surface area contributed by atoms with Crippen LogP contribution in [0.4, 0.5) is 0 Å². The van der Waals surface area contributed by atoms with Gasteiger partial charge in [-0.2, -0.15) is 0 Å². The minimum absolute atomic E-state index is 0.103. The molecule has 0 amide bonds. The Balaban J connectivity index is 1.65. The number of fused-ring (bicyclic) bond motifs is 5. The quantitative estimate of drug-likeness (QED) is 0.695. The van der Waals surface area contributed by atoms with Crippen molar-refractivity contribution in [1.29, 1.82) is 0 Å². The lowest BCUT2D eigenvalue weighted by Gasteiger charge is -2.54. The summed E-state index contributed by atoms with van der Waals surface area (Å²) in [6.45, 7) is 2.23. The number of allylic oxidation sites excluding steroid dienone is 1. The normalized spacial score (nSPS) is 50.4. The summed E-state index contributed by atoms with van der Waals surface area (Å²) in [6, 6.07) is 0. The number of terminal acetylenes is 1. The van der Waals surface area contributed by atoms with Gasteiger partial charge >= 0.3 is 0 Å². The van der Waals surface area contributed by atoms with Gasteiger partial charge in [-0.1, -0.05) is 18.4 Å². The molecule has 0 bridgehead atoms. The van der Waals surface area contributed by atoms with Gasteiger partial charge < -0.3 is 5.11 Å². The number of ketones is 1. The van der Waals surface area contributed by atoms with Crippen LogP contribution in [0.2, 0.25) is 0 Å². The summed E-state index contributed by atoms with van der Waals surface area (Å²) in [4.78, 5) is 11.7. The summed E-state index contributed by atoms with van der Waals surface area (Å²) in [5, 5.41) is 10.9. The molecule has 6 atom stereocenters. The molecule has 0 radical (unpaired) electrons. The molecular weight excluding hydrogens is 272 g/mol. The van der Waals surface area contributed by atoms with Crippen molar-refractivity contribution in [2.24, 2.45) is 29.1 Å². The smallest absolute Gasteiger partial charge is 0.155 e. The van der Waals surface area contributed by atoms with E-state index in [1.165, 1.54) is 12.0 Å². The molecule has 0 aromatic rings. The zero-order valence-electron chi connectivity index (χ0n) is 13.5. The monoisotopic (exact) mass is 298 g/mol. The Bertz CT molecular complexity index is 583. The summed E-state index contributed by atoms with van der Waals surface area (Å²) in [7, 11) is 0. The van der Waals surface area contributed by atoms with E-state index in [2.05, 4.69) is 12.8 Å². The molecule has 0 spiro atoms. The first kappa shape index (κ1) is 14.5. The van der Waals surface area contributed by atoms with Crippen molar-refractivity contribution in [2.45, 2.75) is 63.9 Å². The van der Waals surface area contributed by atoms with Crippen LogP contribution in [-0.4, -0.2) is 16.5 Å². The van der Waals surface area contributed by atoms with Gasteiger partial charge in [0.2, 0.25) is 0 Å². The first-order chi connectivity index (χ1) is 10.5. The van der Waals surface area contributed by atoms with Crippen molar-refractivity contribution in [2.75, 3.05) is 0 Å². The van der Waals surface area contributed by atoms with E-state index < -0.39 is 5.60 Å². The Morgan fingerprint density at radius 3 is 2.77 bits per heavy atom. The SMILES string of the molecule is C#C[C@]1(O)CC[C@@H]2[C@@H]3CCC4=CC(=O)CC[C@@H]4[C@@H]3CC[C@]21C.